The molecule has 0 bridgehead atoms. The van der Waals surface area contributed by atoms with E-state index in [9.17, 15) is 4.79 Å². The average Bonchev–Trinajstić information content (AvgIpc) is 2.53. The molecule has 0 heterocycles. The normalized spacial score (nSPS) is 11.6. The second-order valence-corrected chi connectivity index (χ2v) is 5.98. The van der Waals surface area contributed by atoms with Crippen LogP contribution in [0.4, 0.5) is 4.79 Å². The Bertz CT molecular complexity index is 322. The number of carbonyl (C=O) groups excluding carboxylic acids is 1. The number of nitrogens with zero attached hydrogens (tertiary/aromatic N) is 1. The van der Waals surface area contributed by atoms with Gasteiger partial charge in [0.25, 0.3) is 0 Å². The van der Waals surface area contributed by atoms with Gasteiger partial charge in [-0.05, 0) is 20.8 Å². The summed E-state index contributed by atoms with van der Waals surface area (Å²) >= 11 is 0. The first-order valence-electron chi connectivity index (χ1n) is 8.38. The maximum atomic E-state index is 11.6. The molecular formula is C16H33NO8. The molecule has 9 heteroatoms. The molecule has 0 rings (SSSR count). The van der Waals surface area contributed by atoms with Gasteiger partial charge in [0.05, 0.1) is 66.1 Å². The fourth-order valence-corrected chi connectivity index (χ4v) is 1.44. The summed E-state index contributed by atoms with van der Waals surface area (Å²) in [5.74, 6) is 0. The van der Waals surface area contributed by atoms with Crippen molar-refractivity contribution in [3.8, 4) is 0 Å². The van der Waals surface area contributed by atoms with E-state index in [4.69, 9.17) is 33.6 Å². The molecule has 0 atom stereocenters. The van der Waals surface area contributed by atoms with Gasteiger partial charge in [-0.15, -0.1) is 0 Å². The Hall–Kier alpha value is -0.970. The second kappa shape index (κ2) is 15.3. The van der Waals surface area contributed by atoms with Crippen LogP contribution >= 0.6 is 0 Å². The van der Waals surface area contributed by atoms with Crippen LogP contribution in [0, 0.1) is 0 Å². The Kier molecular flexibility index (Phi) is 14.7. The Labute approximate surface area is 150 Å². The van der Waals surface area contributed by atoms with Crippen molar-refractivity contribution in [3.63, 3.8) is 0 Å². The number of amides is 1. The average molecular weight is 367 g/mol. The number of aliphatic hydroxyl groups is 1. The zero-order chi connectivity index (χ0) is 19.0. The van der Waals surface area contributed by atoms with E-state index in [2.05, 4.69) is 0 Å². The van der Waals surface area contributed by atoms with E-state index >= 15 is 0 Å². The maximum absolute atomic E-state index is 11.6. The van der Waals surface area contributed by atoms with E-state index in [-0.39, 0.29) is 13.2 Å². The van der Waals surface area contributed by atoms with Crippen LogP contribution in [0.2, 0.25) is 0 Å². The molecule has 0 aliphatic carbocycles. The number of hydroxylamine groups is 2. The number of hydrogen-bond acceptors (Lipinski definition) is 8. The molecule has 150 valence electrons. The second-order valence-electron chi connectivity index (χ2n) is 5.98. The van der Waals surface area contributed by atoms with Gasteiger partial charge < -0.3 is 28.8 Å². The fraction of sp³-hybridized carbons (Fsp3) is 0.938. The van der Waals surface area contributed by atoms with Crippen molar-refractivity contribution in [3.05, 3.63) is 0 Å². The summed E-state index contributed by atoms with van der Waals surface area (Å²) in [6, 6.07) is 0. The number of ether oxygens (including phenoxy) is 5. The minimum Gasteiger partial charge on any atom is -0.442 e. The molecule has 9 nitrogen and oxygen atoms in total. The van der Waals surface area contributed by atoms with Gasteiger partial charge in [0.2, 0.25) is 0 Å². The highest BCUT2D eigenvalue weighted by Crippen LogP contribution is 2.09. The zero-order valence-corrected chi connectivity index (χ0v) is 15.8. The first kappa shape index (κ1) is 24.0. The van der Waals surface area contributed by atoms with Crippen LogP contribution < -0.4 is 0 Å². The van der Waals surface area contributed by atoms with Gasteiger partial charge in [-0.25, -0.2) is 4.79 Å². The molecule has 0 aliphatic rings. The number of aliphatic hydroxyl groups excluding tert-OH is 1. The van der Waals surface area contributed by atoms with Crippen LogP contribution in [0.3, 0.4) is 0 Å². The van der Waals surface area contributed by atoms with Crippen molar-refractivity contribution in [2.45, 2.75) is 26.4 Å². The highest BCUT2D eigenvalue weighted by atomic mass is 16.7. The standard InChI is InChI=1S/C16H33NO8/c1-16(2,3)25-15(19)17(4)24-14-13-23-12-11-22-10-9-21-8-7-20-6-5-18/h18H,5-14H2,1-4H3. The smallest absolute Gasteiger partial charge is 0.434 e. The molecule has 1 amide bonds. The molecule has 1 N–H and O–H groups in total. The molecule has 0 aromatic heterocycles. The van der Waals surface area contributed by atoms with E-state index in [1.807, 2.05) is 0 Å². The van der Waals surface area contributed by atoms with Crippen molar-refractivity contribution in [2.75, 3.05) is 73.1 Å². The van der Waals surface area contributed by atoms with E-state index in [1.165, 1.54) is 7.05 Å². The summed E-state index contributed by atoms with van der Waals surface area (Å²) in [6.07, 6.45) is -0.544. The molecule has 0 saturated heterocycles. The Morgan fingerprint density at radius 1 is 0.800 bits per heavy atom. The first-order chi connectivity index (χ1) is 11.9. The molecule has 25 heavy (non-hydrogen) atoms. The minimum atomic E-state index is -0.557. The van der Waals surface area contributed by atoms with Gasteiger partial charge in [-0.3, -0.25) is 4.84 Å². The van der Waals surface area contributed by atoms with Crippen molar-refractivity contribution < 1.29 is 38.4 Å². The lowest BCUT2D eigenvalue weighted by atomic mass is 10.2. The Balaban J connectivity index is 3.29. The lowest BCUT2D eigenvalue weighted by Crippen LogP contribution is -2.35. The maximum Gasteiger partial charge on any atom is 0.434 e. The lowest BCUT2D eigenvalue weighted by molar-refractivity contribution is -0.143. The topological polar surface area (TPSA) is 95.9 Å². The van der Waals surface area contributed by atoms with E-state index in [1.54, 1.807) is 20.8 Å². The fourth-order valence-electron chi connectivity index (χ4n) is 1.44. The van der Waals surface area contributed by atoms with Crippen molar-refractivity contribution in [2.24, 2.45) is 0 Å². The summed E-state index contributed by atoms with van der Waals surface area (Å²) in [5, 5.41) is 9.56. The van der Waals surface area contributed by atoms with E-state index in [0.29, 0.717) is 52.9 Å². The third-order valence-electron chi connectivity index (χ3n) is 2.51. The van der Waals surface area contributed by atoms with Crippen LogP contribution in [0.1, 0.15) is 20.8 Å². The monoisotopic (exact) mass is 367 g/mol. The third-order valence-corrected chi connectivity index (χ3v) is 2.51. The number of rotatable bonds is 15. The summed E-state index contributed by atoms with van der Waals surface area (Å²) in [6.45, 7) is 9.07. The van der Waals surface area contributed by atoms with Crippen LogP contribution in [-0.4, -0.2) is 95.0 Å². The van der Waals surface area contributed by atoms with Crippen LogP contribution in [-0.2, 0) is 28.5 Å². The SMILES string of the molecule is CN(OCCOCCOCCOCCOCCO)C(=O)OC(C)(C)C. The molecule has 0 aromatic carbocycles. The van der Waals surface area contributed by atoms with Crippen molar-refractivity contribution in [1.29, 1.82) is 0 Å². The summed E-state index contributed by atoms with van der Waals surface area (Å²) < 4.78 is 26.1. The van der Waals surface area contributed by atoms with Gasteiger partial charge in [-0.1, -0.05) is 0 Å². The van der Waals surface area contributed by atoms with Gasteiger partial charge in [-0.2, -0.15) is 5.06 Å². The van der Waals surface area contributed by atoms with Gasteiger partial charge in [0.1, 0.15) is 5.60 Å². The van der Waals surface area contributed by atoms with Gasteiger partial charge in [0.15, 0.2) is 0 Å². The Morgan fingerprint density at radius 3 is 1.60 bits per heavy atom. The predicted molar refractivity (Wildman–Crippen MR) is 90.3 cm³/mol. The highest BCUT2D eigenvalue weighted by Gasteiger charge is 2.19. The molecule has 0 saturated carbocycles. The van der Waals surface area contributed by atoms with Crippen molar-refractivity contribution >= 4 is 6.09 Å². The molecular weight excluding hydrogens is 334 g/mol. The third kappa shape index (κ3) is 17.6. The molecule has 0 fully saturated rings. The minimum absolute atomic E-state index is 0.0193. The summed E-state index contributed by atoms with van der Waals surface area (Å²) in [7, 11) is 1.49. The summed E-state index contributed by atoms with van der Waals surface area (Å²) in [5.41, 5.74) is -0.557. The first-order valence-corrected chi connectivity index (χ1v) is 8.38. The van der Waals surface area contributed by atoms with E-state index in [0.717, 1.165) is 5.06 Å². The van der Waals surface area contributed by atoms with Crippen molar-refractivity contribution in [1.82, 2.24) is 5.06 Å². The van der Waals surface area contributed by atoms with Crippen LogP contribution in [0.25, 0.3) is 0 Å². The molecule has 0 spiro atoms. The largest absolute Gasteiger partial charge is 0.442 e. The number of carbonyl (C=O) groups is 1. The Morgan fingerprint density at radius 2 is 1.20 bits per heavy atom. The quantitative estimate of drug-likeness (QED) is 0.336. The molecule has 0 aliphatic heterocycles. The summed E-state index contributed by atoms with van der Waals surface area (Å²) in [4.78, 5) is 16.8. The molecule has 0 aromatic rings. The lowest BCUT2D eigenvalue weighted by Gasteiger charge is -2.23. The van der Waals surface area contributed by atoms with Crippen LogP contribution in [0.15, 0.2) is 0 Å². The molecule has 0 unspecified atom stereocenters. The zero-order valence-electron chi connectivity index (χ0n) is 15.8. The van der Waals surface area contributed by atoms with Gasteiger partial charge >= 0.3 is 6.09 Å². The number of hydrogen-bond donors (Lipinski definition) is 1. The predicted octanol–water partition coefficient (Wildman–Crippen LogP) is 0.844. The van der Waals surface area contributed by atoms with Crippen LogP contribution in [0.5, 0.6) is 0 Å². The van der Waals surface area contributed by atoms with Gasteiger partial charge in [0, 0.05) is 7.05 Å². The molecule has 0 radical (unpaired) electrons. The highest BCUT2D eigenvalue weighted by molar-refractivity contribution is 5.66. The van der Waals surface area contributed by atoms with E-state index < -0.39 is 11.7 Å².